The number of para-hydroxylation sites is 2. The third-order valence-electron chi connectivity index (χ3n) is 7.14. The lowest BCUT2D eigenvalue weighted by molar-refractivity contribution is 0.354. The molecule has 0 bridgehead atoms. The minimum absolute atomic E-state index is 0.00925. The molecule has 0 aromatic heterocycles. The molecule has 4 aromatic rings. The molecule has 1 aliphatic rings. The molecular formula is C37H31N3. The van der Waals surface area contributed by atoms with Gasteiger partial charge in [0.05, 0.1) is 0 Å². The van der Waals surface area contributed by atoms with Crippen molar-refractivity contribution in [3.63, 3.8) is 0 Å². The Morgan fingerprint density at radius 1 is 0.650 bits per heavy atom. The van der Waals surface area contributed by atoms with Crippen molar-refractivity contribution in [3.8, 4) is 23.3 Å². The van der Waals surface area contributed by atoms with E-state index in [2.05, 4.69) is 128 Å². The lowest BCUT2D eigenvalue weighted by Crippen LogP contribution is -2.17. The zero-order valence-electron chi connectivity index (χ0n) is 22.9. The van der Waals surface area contributed by atoms with Crippen molar-refractivity contribution in [1.82, 2.24) is 0 Å². The monoisotopic (exact) mass is 517 g/mol. The lowest BCUT2D eigenvalue weighted by Gasteiger charge is -2.30. The van der Waals surface area contributed by atoms with Crippen LogP contribution in [0.3, 0.4) is 0 Å². The Bertz CT molecular complexity index is 1590. The molecule has 0 fully saturated rings. The number of allylic oxidation sites excluding steroid dienone is 5. The minimum Gasteiger partial charge on any atom is -0.311 e. The largest absolute Gasteiger partial charge is 0.311 e. The Morgan fingerprint density at radius 3 is 1.68 bits per heavy atom. The molecule has 40 heavy (non-hydrogen) atoms. The fourth-order valence-electron chi connectivity index (χ4n) is 5.29. The molecule has 5 rings (SSSR count). The van der Waals surface area contributed by atoms with E-state index < -0.39 is 0 Å². The van der Waals surface area contributed by atoms with Crippen molar-refractivity contribution in [2.75, 3.05) is 4.90 Å². The molecule has 4 aromatic carbocycles. The first-order valence-corrected chi connectivity index (χ1v) is 13.5. The van der Waals surface area contributed by atoms with Gasteiger partial charge in [-0.2, -0.15) is 10.5 Å². The Labute approximate surface area is 237 Å². The van der Waals surface area contributed by atoms with Crippen LogP contribution in [0, 0.1) is 28.1 Å². The predicted octanol–water partition coefficient (Wildman–Crippen LogP) is 9.93. The zero-order chi connectivity index (χ0) is 28.0. The van der Waals surface area contributed by atoms with Crippen LogP contribution >= 0.6 is 0 Å². The molecule has 0 radical (unpaired) electrons. The van der Waals surface area contributed by atoms with Gasteiger partial charge in [-0.05, 0) is 82.5 Å². The van der Waals surface area contributed by atoms with Crippen LogP contribution in [0.2, 0.25) is 0 Å². The van der Waals surface area contributed by atoms with Gasteiger partial charge in [0.15, 0.2) is 0 Å². The lowest BCUT2D eigenvalue weighted by atomic mass is 9.74. The number of rotatable bonds is 6. The van der Waals surface area contributed by atoms with Gasteiger partial charge in [0.25, 0.3) is 0 Å². The first-order chi connectivity index (χ1) is 19.5. The molecule has 0 N–H and O–H groups in total. The maximum atomic E-state index is 9.33. The first kappa shape index (κ1) is 26.5. The van der Waals surface area contributed by atoms with Crippen molar-refractivity contribution in [3.05, 3.63) is 144 Å². The third-order valence-corrected chi connectivity index (χ3v) is 7.14. The van der Waals surface area contributed by atoms with Gasteiger partial charge in [-0.1, -0.05) is 105 Å². The maximum absolute atomic E-state index is 9.33. The Morgan fingerprint density at radius 2 is 1.15 bits per heavy atom. The summed E-state index contributed by atoms with van der Waals surface area (Å²) in [4.78, 5) is 2.26. The number of hydrogen-bond acceptors (Lipinski definition) is 3. The Kier molecular flexibility index (Phi) is 7.77. The topological polar surface area (TPSA) is 50.8 Å². The van der Waals surface area contributed by atoms with Crippen LogP contribution in [0.25, 0.3) is 17.2 Å². The summed E-state index contributed by atoms with van der Waals surface area (Å²) in [5.41, 5.74) is 8.95. The van der Waals surface area contributed by atoms with Crippen molar-refractivity contribution in [2.24, 2.45) is 5.41 Å². The highest BCUT2D eigenvalue weighted by molar-refractivity contribution is 5.78. The van der Waals surface area contributed by atoms with E-state index in [0.717, 1.165) is 57.7 Å². The molecule has 3 nitrogen and oxygen atoms in total. The van der Waals surface area contributed by atoms with Crippen molar-refractivity contribution in [2.45, 2.75) is 26.7 Å². The second kappa shape index (κ2) is 11.7. The van der Waals surface area contributed by atoms with Gasteiger partial charge in [0.1, 0.15) is 17.7 Å². The van der Waals surface area contributed by atoms with Crippen LogP contribution in [0.4, 0.5) is 17.1 Å². The molecule has 0 unspecified atom stereocenters. The predicted molar refractivity (Wildman–Crippen MR) is 165 cm³/mol. The van der Waals surface area contributed by atoms with Gasteiger partial charge in [0.2, 0.25) is 0 Å². The van der Waals surface area contributed by atoms with Gasteiger partial charge in [-0.15, -0.1) is 0 Å². The summed E-state index contributed by atoms with van der Waals surface area (Å²) in [5, 5.41) is 18.7. The standard InChI is InChI=1S/C37H31N3/c1-37(2)24-29(23-32(25-37)33(26-38)27-39)14-13-28-15-17-30(18-16-28)31-19-21-36(22-20-31)40(34-9-5-3-6-10-34)35-11-7-4-8-12-35/h3-23H,24-25H2,1-2H3. The van der Waals surface area contributed by atoms with Gasteiger partial charge in [0, 0.05) is 17.1 Å². The van der Waals surface area contributed by atoms with Gasteiger partial charge >= 0.3 is 0 Å². The van der Waals surface area contributed by atoms with Crippen molar-refractivity contribution >= 4 is 23.1 Å². The van der Waals surface area contributed by atoms with E-state index in [0.29, 0.717) is 0 Å². The second-order valence-electron chi connectivity index (χ2n) is 10.9. The molecule has 0 spiro atoms. The number of anilines is 3. The normalized spacial score (nSPS) is 14.2. The summed E-state index contributed by atoms with van der Waals surface area (Å²) < 4.78 is 0. The minimum atomic E-state index is 0.00925. The molecule has 0 heterocycles. The summed E-state index contributed by atoms with van der Waals surface area (Å²) in [6, 6.07) is 42.1. The summed E-state index contributed by atoms with van der Waals surface area (Å²) in [6.45, 7) is 4.36. The molecule has 0 aliphatic heterocycles. The fourth-order valence-corrected chi connectivity index (χ4v) is 5.29. The molecule has 0 saturated carbocycles. The molecule has 0 atom stereocenters. The van der Waals surface area contributed by atoms with Crippen molar-refractivity contribution in [1.29, 1.82) is 10.5 Å². The van der Waals surface area contributed by atoms with Crippen LogP contribution in [-0.4, -0.2) is 0 Å². The van der Waals surface area contributed by atoms with E-state index >= 15 is 0 Å². The van der Waals surface area contributed by atoms with Crippen LogP contribution < -0.4 is 4.90 Å². The highest BCUT2D eigenvalue weighted by Gasteiger charge is 2.26. The third kappa shape index (κ3) is 6.12. The van der Waals surface area contributed by atoms with E-state index in [1.807, 2.05) is 30.3 Å². The summed E-state index contributed by atoms with van der Waals surface area (Å²) in [6.07, 6.45) is 7.87. The quantitative estimate of drug-likeness (QED) is 0.239. The van der Waals surface area contributed by atoms with E-state index in [-0.39, 0.29) is 11.0 Å². The molecule has 3 heteroatoms. The Balaban J connectivity index is 1.36. The van der Waals surface area contributed by atoms with Gasteiger partial charge < -0.3 is 4.90 Å². The average molecular weight is 518 g/mol. The van der Waals surface area contributed by atoms with Crippen LogP contribution in [0.5, 0.6) is 0 Å². The number of hydrogen-bond donors (Lipinski definition) is 0. The SMILES string of the molecule is CC1(C)CC(C=Cc2ccc(-c3ccc(N(c4ccccc4)c4ccccc4)cc3)cc2)=CC(=C(C#N)C#N)C1. The summed E-state index contributed by atoms with van der Waals surface area (Å²) in [5.74, 6) is 0. The first-order valence-electron chi connectivity index (χ1n) is 13.5. The molecule has 0 amide bonds. The fraction of sp³-hybridized carbons (Fsp3) is 0.135. The van der Waals surface area contributed by atoms with Gasteiger partial charge in [-0.3, -0.25) is 0 Å². The van der Waals surface area contributed by atoms with E-state index in [4.69, 9.17) is 0 Å². The number of nitrogens with zero attached hydrogens (tertiary/aromatic N) is 3. The zero-order valence-corrected chi connectivity index (χ0v) is 22.9. The van der Waals surface area contributed by atoms with Crippen LogP contribution in [0.1, 0.15) is 32.3 Å². The van der Waals surface area contributed by atoms with Crippen LogP contribution in [-0.2, 0) is 0 Å². The number of nitriles is 2. The molecule has 1 aliphatic carbocycles. The number of benzene rings is 4. The van der Waals surface area contributed by atoms with Crippen LogP contribution in [0.15, 0.2) is 138 Å². The molecule has 0 saturated heterocycles. The second-order valence-corrected chi connectivity index (χ2v) is 10.9. The summed E-state index contributed by atoms with van der Waals surface area (Å²) >= 11 is 0. The molecule has 194 valence electrons. The summed E-state index contributed by atoms with van der Waals surface area (Å²) in [7, 11) is 0. The average Bonchev–Trinajstić information content (AvgIpc) is 2.98. The van der Waals surface area contributed by atoms with E-state index in [1.54, 1.807) is 0 Å². The van der Waals surface area contributed by atoms with Crippen molar-refractivity contribution < 1.29 is 0 Å². The maximum Gasteiger partial charge on any atom is 0.132 e. The van der Waals surface area contributed by atoms with Gasteiger partial charge in [-0.25, -0.2) is 0 Å². The highest BCUT2D eigenvalue weighted by atomic mass is 15.1. The Hall–Kier alpha value is -5.12. The highest BCUT2D eigenvalue weighted by Crippen LogP contribution is 2.40. The smallest absolute Gasteiger partial charge is 0.132 e. The van der Waals surface area contributed by atoms with E-state index in [1.165, 1.54) is 0 Å². The van der Waals surface area contributed by atoms with E-state index in [9.17, 15) is 10.5 Å². The molecular weight excluding hydrogens is 486 g/mol.